The summed E-state index contributed by atoms with van der Waals surface area (Å²) in [5.74, 6) is 0.536. The third-order valence-corrected chi connectivity index (χ3v) is 12.3. The molecule has 7 aromatic carbocycles. The van der Waals surface area contributed by atoms with E-state index in [-0.39, 0.29) is 27.8 Å². The molecule has 0 saturated heterocycles. The van der Waals surface area contributed by atoms with Crippen LogP contribution in [0.25, 0.3) is 83.9 Å². The van der Waals surface area contributed by atoms with Crippen LogP contribution in [-0.4, -0.2) is 19.6 Å². The van der Waals surface area contributed by atoms with E-state index in [0.717, 1.165) is 39.1 Å². The summed E-state index contributed by atoms with van der Waals surface area (Å²) in [5, 5.41) is 12.7. The number of imidazole rings is 1. The van der Waals surface area contributed by atoms with Crippen LogP contribution in [0.4, 0.5) is 0 Å². The average molecular weight is 908 g/mol. The van der Waals surface area contributed by atoms with Crippen molar-refractivity contribution in [2.24, 2.45) is 0 Å². The maximum Gasteiger partial charge on any atom is 0.149 e. The second kappa shape index (κ2) is 17.2. The molecule has 0 saturated carbocycles. The Balaban J connectivity index is 1.37. The highest BCUT2D eigenvalue weighted by Crippen LogP contribution is 2.46. The predicted octanol–water partition coefficient (Wildman–Crippen LogP) is 17.3. The number of phenols is 1. The van der Waals surface area contributed by atoms with Gasteiger partial charge in [0.25, 0.3) is 0 Å². The molecule has 1 N–H and O–H groups in total. The van der Waals surface area contributed by atoms with Gasteiger partial charge in [-0.2, -0.15) is 0 Å². The summed E-state index contributed by atoms with van der Waals surface area (Å²) in [5.41, 5.74) is 1.90. The Morgan fingerprint density at radius 1 is 0.485 bits per heavy atom. The third kappa shape index (κ3) is 9.17. The maximum absolute atomic E-state index is 12.7. The van der Waals surface area contributed by atoms with Crippen molar-refractivity contribution >= 4 is 11.0 Å². The Bertz CT molecular complexity index is 4000. The van der Waals surface area contributed by atoms with Crippen LogP contribution in [0.3, 0.4) is 0 Å². The number of aromatic nitrogens is 3. The van der Waals surface area contributed by atoms with Gasteiger partial charge in [0.15, 0.2) is 0 Å². The molecular formula is C64H65N3O. The van der Waals surface area contributed by atoms with Crippen LogP contribution < -0.4 is 0 Å². The van der Waals surface area contributed by atoms with E-state index >= 15 is 0 Å². The van der Waals surface area contributed by atoms with Crippen LogP contribution in [-0.2, 0) is 21.7 Å². The predicted molar refractivity (Wildman–Crippen MR) is 288 cm³/mol. The fourth-order valence-corrected chi connectivity index (χ4v) is 8.48. The summed E-state index contributed by atoms with van der Waals surface area (Å²) in [6.07, 6.45) is -0.741. The number of hydrogen-bond acceptors (Lipinski definition) is 3. The van der Waals surface area contributed by atoms with Gasteiger partial charge in [0.2, 0.25) is 0 Å². The second-order valence-corrected chi connectivity index (χ2v) is 20.6. The van der Waals surface area contributed by atoms with Crippen LogP contribution in [0.1, 0.15) is 127 Å². The highest BCUT2D eigenvalue weighted by Gasteiger charge is 2.29. The first kappa shape index (κ1) is 30.4. The second-order valence-electron chi connectivity index (χ2n) is 20.6. The highest BCUT2D eigenvalue weighted by molar-refractivity contribution is 5.98. The molecular weight excluding hydrogens is 827 g/mol. The summed E-state index contributed by atoms with van der Waals surface area (Å²) < 4.78 is 141. The first-order chi connectivity index (χ1) is 38.8. The topological polar surface area (TPSA) is 50.9 Å². The maximum atomic E-state index is 12.7. The first-order valence-corrected chi connectivity index (χ1v) is 22.7. The monoisotopic (exact) mass is 908 g/mol. The number of pyridine rings is 1. The molecule has 342 valence electrons. The molecule has 9 aromatic rings. The molecule has 4 nitrogen and oxygen atoms in total. The average Bonchev–Trinajstić information content (AvgIpc) is 0.801. The van der Waals surface area contributed by atoms with Gasteiger partial charge in [0, 0.05) is 40.9 Å². The number of para-hydroxylation sites is 1. The first-order valence-electron chi connectivity index (χ1n) is 30.7. The Kier molecular flexibility index (Phi) is 7.70. The van der Waals surface area contributed by atoms with Gasteiger partial charge in [-0.3, -0.25) is 9.55 Å². The van der Waals surface area contributed by atoms with Gasteiger partial charge >= 0.3 is 0 Å². The van der Waals surface area contributed by atoms with E-state index in [1.165, 1.54) is 0 Å². The van der Waals surface area contributed by atoms with Gasteiger partial charge in [-0.05, 0) is 132 Å². The van der Waals surface area contributed by atoms with E-state index in [4.69, 9.17) is 22.8 Å². The Hall–Kier alpha value is -7.04. The van der Waals surface area contributed by atoms with Gasteiger partial charge in [0.05, 0.1) is 31.9 Å². The summed E-state index contributed by atoms with van der Waals surface area (Å²) in [4.78, 5) is 10.0. The number of aromatic hydroxyl groups is 1. The van der Waals surface area contributed by atoms with Crippen molar-refractivity contribution in [1.29, 1.82) is 0 Å². The van der Waals surface area contributed by atoms with Crippen molar-refractivity contribution in [2.45, 2.75) is 105 Å². The van der Waals surface area contributed by atoms with E-state index in [1.807, 2.05) is 78.9 Å². The molecule has 4 heteroatoms. The SMILES string of the molecule is [2H]c1nc(-c2cc(-c3ccccc3)cc(-c3cccc4c3nc(-c3cc(C(C)(C)C)cc(C(C)(C)C)c3O)n4-c3cc(-c4ccccc4)cc(C(C)(C)C)c3)c2)c([2H])c(-c2c([2H])c([2H])c(C(C([2H])([2H])[2H])(C([2H])([2H])[2H])C([2H])([2H])[2H])c([2H])c2[2H])c1[2H]. The molecule has 0 unspecified atom stereocenters. The molecule has 0 aliphatic carbocycles. The van der Waals surface area contributed by atoms with Crippen molar-refractivity contribution in [3.8, 4) is 78.6 Å². The van der Waals surface area contributed by atoms with Gasteiger partial charge in [-0.25, -0.2) is 4.98 Å². The number of benzene rings is 7. The molecule has 2 heterocycles. The van der Waals surface area contributed by atoms with Crippen molar-refractivity contribution in [3.05, 3.63) is 192 Å². The number of phenolic OH excluding ortho intramolecular Hbond substituents is 1. The highest BCUT2D eigenvalue weighted by atomic mass is 16.3. The van der Waals surface area contributed by atoms with Gasteiger partial charge in [0.1, 0.15) is 11.6 Å². The Morgan fingerprint density at radius 3 is 1.71 bits per heavy atom. The summed E-state index contributed by atoms with van der Waals surface area (Å²) in [6.45, 7) is 7.22. The van der Waals surface area contributed by atoms with E-state index in [9.17, 15) is 9.22 Å². The molecule has 0 spiro atoms. The number of rotatable bonds is 7. The van der Waals surface area contributed by atoms with Crippen molar-refractivity contribution in [1.82, 2.24) is 14.5 Å². The van der Waals surface area contributed by atoms with Gasteiger partial charge < -0.3 is 5.11 Å². The van der Waals surface area contributed by atoms with E-state index in [2.05, 4.69) is 108 Å². The van der Waals surface area contributed by atoms with Crippen LogP contribution in [0.15, 0.2) is 170 Å². The quantitative estimate of drug-likeness (QED) is 0.173. The number of nitrogens with zero attached hydrogens (tertiary/aromatic N) is 3. The zero-order valence-electron chi connectivity index (χ0n) is 55.9. The lowest BCUT2D eigenvalue weighted by molar-refractivity contribution is 0.446. The minimum atomic E-state index is -3.93. The molecule has 0 bridgehead atoms. The van der Waals surface area contributed by atoms with Crippen LogP contribution >= 0.6 is 0 Å². The van der Waals surface area contributed by atoms with Crippen molar-refractivity contribution in [2.75, 3.05) is 0 Å². The summed E-state index contributed by atoms with van der Waals surface area (Å²) in [6, 6.07) is 34.8. The number of hydrogen-bond donors (Lipinski definition) is 1. The summed E-state index contributed by atoms with van der Waals surface area (Å²) >= 11 is 0. The molecule has 0 amide bonds. The molecule has 0 atom stereocenters. The number of fused-ring (bicyclic) bond motifs is 1. The van der Waals surface area contributed by atoms with Crippen molar-refractivity contribution < 1.29 is 27.0 Å². The standard InChI is InChI=1S/C64H65N3O/c1-61(2,3)49-28-26-43(27-29-49)44-30-31-65-56(37-44)48-33-45(41-20-15-13-16-21-41)32-47(34-48)53-24-19-25-57-58(53)66-60(54-39-51(63(7,8)9)40-55(59(54)68)64(10,11)12)67(57)52-36-46(42-22-17-14-18-23-42)35-50(38-52)62(4,5)6/h13-40,68H,1-12H3/i1D3,2D3,3D3,26D,27D,28D,29D,30D,31D,37D. The Morgan fingerprint density at radius 2 is 1.09 bits per heavy atom. The minimum absolute atomic E-state index is 0.0775. The van der Waals surface area contributed by atoms with E-state index in [0.29, 0.717) is 39.1 Å². The third-order valence-electron chi connectivity index (χ3n) is 12.3. The minimum Gasteiger partial charge on any atom is -0.507 e. The van der Waals surface area contributed by atoms with E-state index in [1.54, 1.807) is 12.1 Å². The molecule has 0 radical (unpaired) electrons. The van der Waals surface area contributed by atoms with Crippen LogP contribution in [0.2, 0.25) is 0 Å². The van der Waals surface area contributed by atoms with Crippen molar-refractivity contribution in [3.63, 3.8) is 0 Å². The zero-order valence-corrected chi connectivity index (χ0v) is 39.9. The lowest BCUT2D eigenvalue weighted by Gasteiger charge is -2.28. The Labute approximate surface area is 426 Å². The molecule has 0 fully saturated rings. The lowest BCUT2D eigenvalue weighted by atomic mass is 9.79. The normalized spacial score (nSPS) is 16.4. The fourth-order valence-electron chi connectivity index (χ4n) is 8.48. The molecule has 0 aliphatic rings. The van der Waals surface area contributed by atoms with Crippen LogP contribution in [0.5, 0.6) is 5.75 Å². The largest absolute Gasteiger partial charge is 0.507 e. The molecule has 0 aliphatic heterocycles. The fraction of sp³-hybridized carbons (Fsp3) is 0.250. The summed E-state index contributed by atoms with van der Waals surface area (Å²) in [7, 11) is 0. The lowest BCUT2D eigenvalue weighted by Crippen LogP contribution is -2.17. The van der Waals surface area contributed by atoms with E-state index < -0.39 is 90.5 Å². The molecule has 68 heavy (non-hydrogen) atoms. The van der Waals surface area contributed by atoms with Crippen LogP contribution in [0, 0.1) is 0 Å². The zero-order chi connectivity index (χ0) is 61.9. The van der Waals surface area contributed by atoms with Gasteiger partial charge in [-0.15, -0.1) is 0 Å². The molecule has 2 aromatic heterocycles. The van der Waals surface area contributed by atoms with Gasteiger partial charge in [-0.1, -0.05) is 192 Å². The molecule has 9 rings (SSSR count). The smallest absolute Gasteiger partial charge is 0.149 e.